The predicted molar refractivity (Wildman–Crippen MR) is 88.1 cm³/mol. The quantitative estimate of drug-likeness (QED) is 0.800. The Labute approximate surface area is 132 Å². The predicted octanol–water partition coefficient (Wildman–Crippen LogP) is 3.33. The van der Waals surface area contributed by atoms with E-state index in [2.05, 4.69) is 30.6 Å². The van der Waals surface area contributed by atoms with E-state index in [9.17, 15) is 4.79 Å². The number of halogens is 1. The molecule has 1 saturated heterocycles. The second-order valence-electron chi connectivity index (χ2n) is 6.74. The van der Waals surface area contributed by atoms with Gasteiger partial charge in [0.1, 0.15) is 0 Å². The first-order valence-electron chi connectivity index (χ1n) is 7.58. The van der Waals surface area contributed by atoms with Crippen LogP contribution in [-0.4, -0.2) is 53.3 Å². The molecule has 0 aromatic heterocycles. The summed E-state index contributed by atoms with van der Waals surface area (Å²) in [5.41, 5.74) is 0.903. The number of benzene rings is 1. The lowest BCUT2D eigenvalue weighted by atomic mass is 10.0. The van der Waals surface area contributed by atoms with E-state index in [0.717, 1.165) is 26.2 Å². The SMILES string of the molecule is CC(C(=O)c1cccc(Cl)c1)N1CCN(C(C)(C)C)CC1. The summed E-state index contributed by atoms with van der Waals surface area (Å²) in [6, 6.07) is 7.14. The molecule has 1 heterocycles. The van der Waals surface area contributed by atoms with Gasteiger partial charge in [-0.3, -0.25) is 14.6 Å². The third-order valence-electron chi connectivity index (χ3n) is 4.30. The Kier molecular flexibility index (Phi) is 5.07. The van der Waals surface area contributed by atoms with Gasteiger partial charge in [-0.05, 0) is 39.8 Å². The average Bonchev–Trinajstić information content (AvgIpc) is 2.45. The van der Waals surface area contributed by atoms with Crippen molar-refractivity contribution in [2.24, 2.45) is 0 Å². The highest BCUT2D eigenvalue weighted by Gasteiger charge is 2.30. The van der Waals surface area contributed by atoms with Gasteiger partial charge in [0.25, 0.3) is 0 Å². The van der Waals surface area contributed by atoms with Gasteiger partial charge in [-0.2, -0.15) is 0 Å². The van der Waals surface area contributed by atoms with E-state index in [4.69, 9.17) is 11.6 Å². The van der Waals surface area contributed by atoms with Crippen LogP contribution in [0.4, 0.5) is 0 Å². The fourth-order valence-corrected chi connectivity index (χ4v) is 3.02. The molecule has 0 amide bonds. The molecular formula is C17H25ClN2O. The summed E-state index contributed by atoms with van der Waals surface area (Å²) in [6.45, 7) is 12.6. The molecule has 1 fully saturated rings. The highest BCUT2D eigenvalue weighted by atomic mass is 35.5. The molecule has 0 N–H and O–H groups in total. The summed E-state index contributed by atoms with van der Waals surface area (Å²) in [4.78, 5) is 17.3. The number of carbonyl (C=O) groups is 1. The van der Waals surface area contributed by atoms with Crippen LogP contribution in [0.3, 0.4) is 0 Å². The van der Waals surface area contributed by atoms with Crippen molar-refractivity contribution in [2.75, 3.05) is 26.2 Å². The number of nitrogens with zero attached hydrogens (tertiary/aromatic N) is 2. The van der Waals surface area contributed by atoms with Gasteiger partial charge in [-0.25, -0.2) is 0 Å². The van der Waals surface area contributed by atoms with E-state index in [1.54, 1.807) is 12.1 Å². The topological polar surface area (TPSA) is 23.6 Å². The highest BCUT2D eigenvalue weighted by Crippen LogP contribution is 2.19. The maximum Gasteiger partial charge on any atom is 0.179 e. The van der Waals surface area contributed by atoms with Gasteiger partial charge in [0.2, 0.25) is 0 Å². The van der Waals surface area contributed by atoms with Crippen molar-refractivity contribution in [3.05, 3.63) is 34.9 Å². The Morgan fingerprint density at radius 3 is 2.33 bits per heavy atom. The smallest absolute Gasteiger partial charge is 0.179 e. The van der Waals surface area contributed by atoms with Crippen molar-refractivity contribution in [2.45, 2.75) is 39.3 Å². The fraction of sp³-hybridized carbons (Fsp3) is 0.588. The van der Waals surface area contributed by atoms with Crippen LogP contribution in [0.15, 0.2) is 24.3 Å². The Balaban J connectivity index is 1.99. The molecule has 1 atom stereocenters. The summed E-state index contributed by atoms with van der Waals surface area (Å²) in [7, 11) is 0. The molecule has 0 spiro atoms. The summed E-state index contributed by atoms with van der Waals surface area (Å²) in [5.74, 6) is 0.154. The van der Waals surface area contributed by atoms with Crippen LogP contribution >= 0.6 is 11.6 Å². The minimum atomic E-state index is -0.0921. The third kappa shape index (κ3) is 4.06. The van der Waals surface area contributed by atoms with Crippen LogP contribution in [0.5, 0.6) is 0 Å². The number of ketones is 1. The van der Waals surface area contributed by atoms with Crippen LogP contribution in [0.25, 0.3) is 0 Å². The Morgan fingerprint density at radius 1 is 1.19 bits per heavy atom. The van der Waals surface area contributed by atoms with Crippen molar-refractivity contribution in [3.8, 4) is 0 Å². The van der Waals surface area contributed by atoms with Gasteiger partial charge in [0.15, 0.2) is 5.78 Å². The molecule has 1 aromatic rings. The maximum atomic E-state index is 12.6. The lowest BCUT2D eigenvalue weighted by molar-refractivity contribution is 0.0420. The monoisotopic (exact) mass is 308 g/mol. The van der Waals surface area contributed by atoms with Crippen LogP contribution in [0, 0.1) is 0 Å². The number of hydrogen-bond donors (Lipinski definition) is 0. The van der Waals surface area contributed by atoms with Crippen LogP contribution in [-0.2, 0) is 0 Å². The molecule has 1 aliphatic heterocycles. The first-order valence-corrected chi connectivity index (χ1v) is 7.96. The molecule has 21 heavy (non-hydrogen) atoms. The zero-order chi connectivity index (χ0) is 15.6. The molecule has 1 aromatic carbocycles. The van der Waals surface area contributed by atoms with Gasteiger partial charge in [0, 0.05) is 42.3 Å². The minimum absolute atomic E-state index is 0.0921. The fourth-order valence-electron chi connectivity index (χ4n) is 2.83. The van der Waals surface area contributed by atoms with E-state index >= 15 is 0 Å². The van der Waals surface area contributed by atoms with Crippen molar-refractivity contribution in [1.29, 1.82) is 0 Å². The van der Waals surface area contributed by atoms with Gasteiger partial charge < -0.3 is 0 Å². The minimum Gasteiger partial charge on any atom is -0.296 e. The summed E-state index contributed by atoms with van der Waals surface area (Å²) >= 11 is 5.98. The summed E-state index contributed by atoms with van der Waals surface area (Å²) in [5, 5.41) is 0.616. The molecule has 116 valence electrons. The van der Waals surface area contributed by atoms with Crippen molar-refractivity contribution in [3.63, 3.8) is 0 Å². The number of rotatable bonds is 3. The second kappa shape index (κ2) is 6.47. The zero-order valence-corrected chi connectivity index (χ0v) is 14.2. The molecule has 0 bridgehead atoms. The summed E-state index contributed by atoms with van der Waals surface area (Å²) < 4.78 is 0. The van der Waals surface area contributed by atoms with Crippen LogP contribution < -0.4 is 0 Å². The van der Waals surface area contributed by atoms with Crippen molar-refractivity contribution in [1.82, 2.24) is 9.80 Å². The van der Waals surface area contributed by atoms with E-state index < -0.39 is 0 Å². The van der Waals surface area contributed by atoms with Crippen molar-refractivity contribution >= 4 is 17.4 Å². The molecule has 1 aliphatic rings. The lowest BCUT2D eigenvalue weighted by Gasteiger charge is -2.43. The standard InChI is InChI=1S/C17H25ClN2O/c1-13(16(21)14-6-5-7-15(18)12-14)19-8-10-20(11-9-19)17(2,3)4/h5-7,12-13H,8-11H2,1-4H3. The normalized spacial score (nSPS) is 19.5. The molecule has 1 unspecified atom stereocenters. The average molecular weight is 309 g/mol. The van der Waals surface area contributed by atoms with Crippen molar-refractivity contribution < 1.29 is 4.79 Å². The first kappa shape index (κ1) is 16.5. The second-order valence-corrected chi connectivity index (χ2v) is 7.18. The molecule has 0 saturated carbocycles. The summed E-state index contributed by atoms with van der Waals surface area (Å²) in [6.07, 6.45) is 0. The van der Waals surface area contributed by atoms with E-state index in [0.29, 0.717) is 10.6 Å². The Morgan fingerprint density at radius 2 is 1.81 bits per heavy atom. The Hall–Kier alpha value is -0.900. The highest BCUT2D eigenvalue weighted by molar-refractivity contribution is 6.31. The molecule has 2 rings (SSSR count). The molecule has 0 radical (unpaired) electrons. The van der Waals surface area contributed by atoms with E-state index in [1.165, 1.54) is 0 Å². The van der Waals surface area contributed by atoms with Gasteiger partial charge >= 0.3 is 0 Å². The van der Waals surface area contributed by atoms with E-state index in [1.807, 2.05) is 19.1 Å². The van der Waals surface area contributed by atoms with Gasteiger partial charge in [-0.1, -0.05) is 23.7 Å². The van der Waals surface area contributed by atoms with Gasteiger partial charge in [-0.15, -0.1) is 0 Å². The largest absolute Gasteiger partial charge is 0.296 e. The molecular weight excluding hydrogens is 284 g/mol. The lowest BCUT2D eigenvalue weighted by Crippen LogP contribution is -2.56. The number of Topliss-reactive ketones (excluding diaryl/α,β-unsaturated/α-hetero) is 1. The van der Waals surface area contributed by atoms with Crippen LogP contribution in [0.2, 0.25) is 5.02 Å². The third-order valence-corrected chi connectivity index (χ3v) is 4.53. The molecule has 3 nitrogen and oxygen atoms in total. The maximum absolute atomic E-state index is 12.6. The Bertz CT molecular complexity index is 502. The zero-order valence-electron chi connectivity index (χ0n) is 13.4. The molecule has 0 aliphatic carbocycles. The number of carbonyl (C=O) groups excluding carboxylic acids is 1. The van der Waals surface area contributed by atoms with E-state index in [-0.39, 0.29) is 17.4 Å². The molecule has 4 heteroatoms. The first-order chi connectivity index (χ1) is 9.79. The van der Waals surface area contributed by atoms with Crippen LogP contribution in [0.1, 0.15) is 38.1 Å². The number of piperazine rings is 1. The number of hydrogen-bond acceptors (Lipinski definition) is 3. The van der Waals surface area contributed by atoms with Gasteiger partial charge in [0.05, 0.1) is 6.04 Å².